The molecule has 1 aliphatic rings. The van der Waals surface area contributed by atoms with Gasteiger partial charge in [-0.25, -0.2) is 4.39 Å². The van der Waals surface area contributed by atoms with E-state index in [-0.39, 0.29) is 5.82 Å². The first-order chi connectivity index (χ1) is 10.6. The lowest BCUT2D eigenvalue weighted by Crippen LogP contribution is -2.43. The number of nitrogens with two attached hydrogens (primary N) is 1. The highest BCUT2D eigenvalue weighted by Crippen LogP contribution is 2.20. The normalized spacial score (nSPS) is 19.8. The van der Waals surface area contributed by atoms with Crippen molar-refractivity contribution in [3.63, 3.8) is 0 Å². The SMILES string of the molecule is CC1CCCN(C(N)=NCCc2c[nH]c3cc(F)ccc23)C1. The third-order valence-corrected chi connectivity index (χ3v) is 4.37. The molecule has 0 radical (unpaired) electrons. The molecular formula is C17H23FN4. The molecule has 3 rings (SSSR count). The number of nitrogens with zero attached hydrogens (tertiary/aromatic N) is 2. The summed E-state index contributed by atoms with van der Waals surface area (Å²) in [6.45, 7) is 4.92. The van der Waals surface area contributed by atoms with E-state index in [1.165, 1.54) is 25.0 Å². The number of H-pyrrole nitrogens is 1. The predicted octanol–water partition coefficient (Wildman–Crippen LogP) is 2.90. The van der Waals surface area contributed by atoms with Crippen molar-refractivity contribution < 1.29 is 4.39 Å². The number of nitrogens with one attached hydrogen (secondary N) is 1. The average molecular weight is 302 g/mol. The minimum Gasteiger partial charge on any atom is -0.370 e. The maximum Gasteiger partial charge on any atom is 0.191 e. The zero-order chi connectivity index (χ0) is 15.5. The molecule has 3 N–H and O–H groups in total. The molecular weight excluding hydrogens is 279 g/mol. The summed E-state index contributed by atoms with van der Waals surface area (Å²) in [6.07, 6.45) is 5.19. The molecule has 0 aliphatic carbocycles. The van der Waals surface area contributed by atoms with Crippen LogP contribution in [0.5, 0.6) is 0 Å². The Morgan fingerprint density at radius 3 is 3.18 bits per heavy atom. The number of aromatic nitrogens is 1. The minimum atomic E-state index is -0.220. The monoisotopic (exact) mass is 302 g/mol. The van der Waals surface area contributed by atoms with Gasteiger partial charge < -0.3 is 15.6 Å². The molecule has 5 heteroatoms. The molecule has 0 bridgehead atoms. The van der Waals surface area contributed by atoms with Crippen molar-refractivity contribution in [1.29, 1.82) is 0 Å². The molecule has 1 aromatic heterocycles. The summed E-state index contributed by atoms with van der Waals surface area (Å²) in [5.41, 5.74) is 8.08. The Morgan fingerprint density at radius 2 is 2.36 bits per heavy atom. The van der Waals surface area contributed by atoms with Gasteiger partial charge in [0.2, 0.25) is 0 Å². The van der Waals surface area contributed by atoms with Gasteiger partial charge in [0.25, 0.3) is 0 Å². The number of guanidine groups is 1. The number of fused-ring (bicyclic) bond motifs is 1. The van der Waals surface area contributed by atoms with E-state index in [1.807, 2.05) is 12.3 Å². The fraction of sp³-hybridized carbons (Fsp3) is 0.471. The summed E-state index contributed by atoms with van der Waals surface area (Å²) in [7, 11) is 0. The summed E-state index contributed by atoms with van der Waals surface area (Å²) in [6, 6.07) is 4.83. The van der Waals surface area contributed by atoms with Crippen LogP contribution in [-0.4, -0.2) is 35.5 Å². The molecule has 0 amide bonds. The quantitative estimate of drug-likeness (QED) is 0.676. The van der Waals surface area contributed by atoms with Gasteiger partial charge in [-0.15, -0.1) is 0 Å². The van der Waals surface area contributed by atoms with Crippen molar-refractivity contribution in [3.05, 3.63) is 35.8 Å². The lowest BCUT2D eigenvalue weighted by Gasteiger charge is -2.31. The number of piperidine rings is 1. The second-order valence-corrected chi connectivity index (χ2v) is 6.19. The molecule has 0 spiro atoms. The topological polar surface area (TPSA) is 57.4 Å². The standard InChI is InChI=1S/C17H23FN4/c1-12-3-2-8-22(11-12)17(19)20-7-6-13-10-21-16-9-14(18)4-5-15(13)16/h4-5,9-10,12,21H,2-3,6-8,11H2,1H3,(H2,19,20). The maximum absolute atomic E-state index is 13.2. The number of hydrogen-bond donors (Lipinski definition) is 2. The lowest BCUT2D eigenvalue weighted by atomic mass is 10.0. The highest BCUT2D eigenvalue weighted by molar-refractivity contribution is 5.83. The number of likely N-dealkylation sites (tertiary alicyclic amines) is 1. The van der Waals surface area contributed by atoms with Gasteiger partial charge in [0.1, 0.15) is 5.82 Å². The molecule has 1 aliphatic heterocycles. The van der Waals surface area contributed by atoms with Crippen LogP contribution < -0.4 is 5.73 Å². The van der Waals surface area contributed by atoms with E-state index in [9.17, 15) is 4.39 Å². The van der Waals surface area contributed by atoms with Crippen molar-refractivity contribution in [2.45, 2.75) is 26.2 Å². The third kappa shape index (κ3) is 3.24. The van der Waals surface area contributed by atoms with Crippen LogP contribution in [-0.2, 0) is 6.42 Å². The summed E-state index contributed by atoms with van der Waals surface area (Å²) in [4.78, 5) is 9.80. The summed E-state index contributed by atoms with van der Waals surface area (Å²) >= 11 is 0. The van der Waals surface area contributed by atoms with Crippen LogP contribution in [0.2, 0.25) is 0 Å². The van der Waals surface area contributed by atoms with Crippen LogP contribution >= 0.6 is 0 Å². The van der Waals surface area contributed by atoms with Crippen molar-refractivity contribution in [1.82, 2.24) is 9.88 Å². The van der Waals surface area contributed by atoms with Gasteiger partial charge in [-0.3, -0.25) is 4.99 Å². The van der Waals surface area contributed by atoms with E-state index in [0.29, 0.717) is 18.4 Å². The number of aromatic amines is 1. The van der Waals surface area contributed by atoms with E-state index in [0.717, 1.165) is 36.0 Å². The van der Waals surface area contributed by atoms with Crippen LogP contribution in [0, 0.1) is 11.7 Å². The Morgan fingerprint density at radius 1 is 1.50 bits per heavy atom. The predicted molar refractivity (Wildman–Crippen MR) is 88.4 cm³/mol. The Labute approximate surface area is 130 Å². The van der Waals surface area contributed by atoms with E-state index < -0.39 is 0 Å². The Kier molecular flexibility index (Phi) is 4.32. The summed E-state index contributed by atoms with van der Waals surface area (Å²) in [5, 5.41) is 1.06. The molecule has 118 valence electrons. The van der Waals surface area contributed by atoms with Crippen molar-refractivity contribution in [2.24, 2.45) is 16.6 Å². The highest BCUT2D eigenvalue weighted by Gasteiger charge is 2.17. The van der Waals surface area contributed by atoms with Gasteiger partial charge in [0, 0.05) is 36.7 Å². The molecule has 1 unspecified atom stereocenters. The first-order valence-corrected chi connectivity index (χ1v) is 7.94. The largest absolute Gasteiger partial charge is 0.370 e. The molecule has 4 nitrogen and oxygen atoms in total. The van der Waals surface area contributed by atoms with Gasteiger partial charge >= 0.3 is 0 Å². The Hall–Kier alpha value is -2.04. The fourth-order valence-corrected chi connectivity index (χ4v) is 3.15. The molecule has 2 aromatic rings. The number of hydrogen-bond acceptors (Lipinski definition) is 1. The number of aliphatic imine (C=N–C) groups is 1. The molecule has 1 fully saturated rings. The average Bonchev–Trinajstić information content (AvgIpc) is 2.89. The number of rotatable bonds is 3. The zero-order valence-corrected chi connectivity index (χ0v) is 13.0. The molecule has 1 aromatic carbocycles. The van der Waals surface area contributed by atoms with Crippen LogP contribution in [0.3, 0.4) is 0 Å². The molecule has 1 saturated heterocycles. The van der Waals surface area contributed by atoms with E-state index in [4.69, 9.17) is 5.73 Å². The fourth-order valence-electron chi connectivity index (χ4n) is 3.15. The first-order valence-electron chi connectivity index (χ1n) is 7.94. The Balaban J connectivity index is 1.62. The Bertz CT molecular complexity index is 676. The molecule has 1 atom stereocenters. The van der Waals surface area contributed by atoms with Gasteiger partial charge in [0.15, 0.2) is 5.96 Å². The summed E-state index contributed by atoms with van der Waals surface area (Å²) < 4.78 is 13.2. The first kappa shape index (κ1) is 14.9. The van der Waals surface area contributed by atoms with Crippen molar-refractivity contribution >= 4 is 16.9 Å². The lowest BCUT2D eigenvalue weighted by molar-refractivity contribution is 0.270. The van der Waals surface area contributed by atoms with E-state index >= 15 is 0 Å². The van der Waals surface area contributed by atoms with Gasteiger partial charge in [0.05, 0.1) is 0 Å². The smallest absolute Gasteiger partial charge is 0.191 e. The second-order valence-electron chi connectivity index (χ2n) is 6.19. The van der Waals surface area contributed by atoms with Crippen LogP contribution in [0.25, 0.3) is 10.9 Å². The van der Waals surface area contributed by atoms with Crippen LogP contribution in [0.15, 0.2) is 29.4 Å². The number of halogens is 1. The number of benzene rings is 1. The maximum atomic E-state index is 13.2. The van der Waals surface area contributed by atoms with E-state index in [2.05, 4.69) is 21.8 Å². The van der Waals surface area contributed by atoms with E-state index in [1.54, 1.807) is 0 Å². The van der Waals surface area contributed by atoms with Crippen molar-refractivity contribution in [2.75, 3.05) is 19.6 Å². The van der Waals surface area contributed by atoms with Gasteiger partial charge in [-0.1, -0.05) is 6.92 Å². The van der Waals surface area contributed by atoms with Gasteiger partial charge in [-0.05, 0) is 48.9 Å². The van der Waals surface area contributed by atoms with Crippen LogP contribution in [0.4, 0.5) is 4.39 Å². The molecule has 22 heavy (non-hydrogen) atoms. The molecule has 2 heterocycles. The summed E-state index contributed by atoms with van der Waals surface area (Å²) in [5.74, 6) is 1.12. The van der Waals surface area contributed by atoms with Gasteiger partial charge in [-0.2, -0.15) is 0 Å². The third-order valence-electron chi connectivity index (χ3n) is 4.37. The highest BCUT2D eigenvalue weighted by atomic mass is 19.1. The van der Waals surface area contributed by atoms with Crippen molar-refractivity contribution in [3.8, 4) is 0 Å². The van der Waals surface area contributed by atoms with Crippen LogP contribution in [0.1, 0.15) is 25.3 Å². The molecule has 0 saturated carbocycles. The zero-order valence-electron chi connectivity index (χ0n) is 13.0. The minimum absolute atomic E-state index is 0.220. The second kappa shape index (κ2) is 6.38.